The molecule has 4 nitrogen and oxygen atoms in total. The Morgan fingerprint density at radius 1 is 1.27 bits per heavy atom. The number of carbonyl (C=O) groups excluding carboxylic acids is 1. The van der Waals surface area contributed by atoms with Crippen LogP contribution in [0.3, 0.4) is 0 Å². The van der Waals surface area contributed by atoms with Gasteiger partial charge in [-0.2, -0.15) is 0 Å². The van der Waals surface area contributed by atoms with Crippen molar-refractivity contribution >= 4 is 28.9 Å². The van der Waals surface area contributed by atoms with Gasteiger partial charge in [-0.25, -0.2) is 0 Å². The first-order chi connectivity index (χ1) is 10.4. The molecule has 0 saturated carbocycles. The standard InChI is InChI=1S/C17H22N2O2S/c1-17(2,3)13-7-5-12(6-8-13)11-14-15(20)19-16(22-14)18-9-10-21-4/h5-8,11H,9-10H2,1-4H3,(H,18,19,20)/b14-11-. The number of methoxy groups -OCH3 is 1. The van der Waals surface area contributed by atoms with Gasteiger partial charge in [-0.3, -0.25) is 9.79 Å². The van der Waals surface area contributed by atoms with Crippen molar-refractivity contribution in [3.8, 4) is 0 Å². The quantitative estimate of drug-likeness (QED) is 0.685. The predicted octanol–water partition coefficient (Wildman–Crippen LogP) is 3.19. The second-order valence-corrected chi connectivity index (χ2v) is 7.15. The molecule has 0 bridgehead atoms. The molecule has 0 aliphatic carbocycles. The van der Waals surface area contributed by atoms with Gasteiger partial charge in [-0.05, 0) is 34.4 Å². The van der Waals surface area contributed by atoms with E-state index >= 15 is 0 Å². The van der Waals surface area contributed by atoms with Gasteiger partial charge in [0.05, 0.1) is 18.1 Å². The van der Waals surface area contributed by atoms with Crippen molar-refractivity contribution in [1.82, 2.24) is 5.32 Å². The second-order valence-electron chi connectivity index (χ2n) is 6.12. The molecular weight excluding hydrogens is 296 g/mol. The lowest BCUT2D eigenvalue weighted by atomic mass is 9.87. The zero-order valence-electron chi connectivity index (χ0n) is 13.5. The third-order valence-corrected chi connectivity index (χ3v) is 4.22. The SMILES string of the molecule is COCCN=C1NC(=O)/C(=C/c2ccc(C(C)(C)C)cc2)S1. The van der Waals surface area contributed by atoms with Gasteiger partial charge in [0, 0.05) is 7.11 Å². The first-order valence-corrected chi connectivity index (χ1v) is 8.06. The van der Waals surface area contributed by atoms with Crippen molar-refractivity contribution in [1.29, 1.82) is 0 Å². The number of amidine groups is 1. The van der Waals surface area contributed by atoms with Crippen molar-refractivity contribution in [2.45, 2.75) is 26.2 Å². The molecule has 2 rings (SSSR count). The Balaban J connectivity index is 2.09. The van der Waals surface area contributed by atoms with Crippen molar-refractivity contribution in [3.05, 3.63) is 40.3 Å². The zero-order chi connectivity index (χ0) is 16.2. The summed E-state index contributed by atoms with van der Waals surface area (Å²) in [5.74, 6) is -0.0962. The average Bonchev–Trinajstić information content (AvgIpc) is 2.79. The number of hydrogen-bond donors (Lipinski definition) is 1. The Bertz CT molecular complexity index is 598. The molecule has 0 radical (unpaired) electrons. The summed E-state index contributed by atoms with van der Waals surface area (Å²) >= 11 is 1.37. The van der Waals surface area contributed by atoms with E-state index in [2.05, 4.69) is 43.2 Å². The van der Waals surface area contributed by atoms with Crippen molar-refractivity contribution < 1.29 is 9.53 Å². The van der Waals surface area contributed by atoms with Crippen LogP contribution in [0.15, 0.2) is 34.2 Å². The van der Waals surface area contributed by atoms with Crippen LogP contribution in [0.5, 0.6) is 0 Å². The Labute approximate surface area is 136 Å². The highest BCUT2D eigenvalue weighted by Crippen LogP contribution is 2.27. The van der Waals surface area contributed by atoms with E-state index in [1.807, 2.05) is 18.2 Å². The number of carbonyl (C=O) groups is 1. The van der Waals surface area contributed by atoms with Gasteiger partial charge in [0.1, 0.15) is 0 Å². The molecule has 1 N–H and O–H groups in total. The van der Waals surface area contributed by atoms with E-state index < -0.39 is 0 Å². The minimum Gasteiger partial charge on any atom is -0.383 e. The highest BCUT2D eigenvalue weighted by Gasteiger charge is 2.23. The smallest absolute Gasteiger partial charge is 0.264 e. The Hall–Kier alpha value is -1.59. The molecule has 0 unspecified atom stereocenters. The number of thioether (sulfide) groups is 1. The largest absolute Gasteiger partial charge is 0.383 e. The molecule has 0 aromatic heterocycles. The highest BCUT2D eigenvalue weighted by molar-refractivity contribution is 8.18. The van der Waals surface area contributed by atoms with E-state index in [0.717, 1.165) is 5.56 Å². The van der Waals surface area contributed by atoms with Gasteiger partial charge in [0.15, 0.2) is 5.17 Å². The van der Waals surface area contributed by atoms with Gasteiger partial charge in [-0.15, -0.1) is 0 Å². The van der Waals surface area contributed by atoms with E-state index in [1.54, 1.807) is 7.11 Å². The molecule has 0 atom stereocenters. The Morgan fingerprint density at radius 2 is 1.95 bits per heavy atom. The molecule has 1 aromatic rings. The van der Waals surface area contributed by atoms with Gasteiger partial charge in [-0.1, -0.05) is 45.0 Å². The molecule has 1 amide bonds. The molecule has 1 fully saturated rings. The monoisotopic (exact) mass is 318 g/mol. The van der Waals surface area contributed by atoms with Crippen LogP contribution >= 0.6 is 11.8 Å². The molecule has 1 saturated heterocycles. The molecule has 1 aliphatic rings. The number of rotatable bonds is 4. The fraction of sp³-hybridized carbons (Fsp3) is 0.412. The fourth-order valence-corrected chi connectivity index (χ4v) is 2.82. The molecule has 1 aromatic carbocycles. The predicted molar refractivity (Wildman–Crippen MR) is 93.0 cm³/mol. The third kappa shape index (κ3) is 4.45. The number of ether oxygens (including phenoxy) is 1. The number of nitrogens with one attached hydrogen (secondary N) is 1. The van der Waals surface area contributed by atoms with Crippen LogP contribution in [0.1, 0.15) is 31.9 Å². The van der Waals surface area contributed by atoms with E-state index in [-0.39, 0.29) is 11.3 Å². The van der Waals surface area contributed by atoms with Crippen LogP contribution in [0.25, 0.3) is 6.08 Å². The van der Waals surface area contributed by atoms with Crippen LogP contribution < -0.4 is 5.32 Å². The van der Waals surface area contributed by atoms with E-state index in [0.29, 0.717) is 23.2 Å². The number of hydrogen-bond acceptors (Lipinski definition) is 4. The van der Waals surface area contributed by atoms with Crippen LogP contribution in [-0.2, 0) is 14.9 Å². The molecule has 1 aliphatic heterocycles. The zero-order valence-corrected chi connectivity index (χ0v) is 14.3. The summed E-state index contributed by atoms with van der Waals surface area (Å²) in [7, 11) is 1.63. The maximum absolute atomic E-state index is 11.9. The van der Waals surface area contributed by atoms with Crippen molar-refractivity contribution in [2.24, 2.45) is 4.99 Å². The number of nitrogens with zero attached hydrogens (tertiary/aromatic N) is 1. The summed E-state index contributed by atoms with van der Waals surface area (Å²) in [6.07, 6.45) is 1.89. The maximum atomic E-state index is 11.9. The van der Waals surface area contributed by atoms with E-state index in [4.69, 9.17) is 4.74 Å². The van der Waals surface area contributed by atoms with Gasteiger partial charge in [0.25, 0.3) is 5.91 Å². The van der Waals surface area contributed by atoms with Gasteiger partial charge < -0.3 is 10.1 Å². The van der Waals surface area contributed by atoms with Gasteiger partial charge >= 0.3 is 0 Å². The molecule has 5 heteroatoms. The van der Waals surface area contributed by atoms with Crippen LogP contribution in [-0.4, -0.2) is 31.3 Å². The minimum absolute atomic E-state index is 0.0962. The lowest BCUT2D eigenvalue weighted by molar-refractivity contribution is -0.115. The molecule has 22 heavy (non-hydrogen) atoms. The number of aliphatic imine (C=N–C) groups is 1. The lowest BCUT2D eigenvalue weighted by Gasteiger charge is -2.18. The topological polar surface area (TPSA) is 50.7 Å². The summed E-state index contributed by atoms with van der Waals surface area (Å²) in [6, 6.07) is 8.30. The molecule has 1 heterocycles. The molecule has 118 valence electrons. The second kappa shape index (κ2) is 7.11. The Kier molecular flexibility index (Phi) is 5.42. The summed E-state index contributed by atoms with van der Waals surface area (Å²) in [4.78, 5) is 16.9. The average molecular weight is 318 g/mol. The van der Waals surface area contributed by atoms with Crippen LogP contribution in [0.4, 0.5) is 0 Å². The first kappa shape index (κ1) is 16.8. The third-order valence-electron chi connectivity index (χ3n) is 3.28. The number of amides is 1. The fourth-order valence-electron chi connectivity index (χ4n) is 1.97. The summed E-state index contributed by atoms with van der Waals surface area (Å²) in [5.41, 5.74) is 2.43. The van der Waals surface area contributed by atoms with E-state index in [1.165, 1.54) is 17.3 Å². The van der Waals surface area contributed by atoms with Crippen LogP contribution in [0.2, 0.25) is 0 Å². The summed E-state index contributed by atoms with van der Waals surface area (Å²) in [6.45, 7) is 7.65. The normalized spacial score (nSPS) is 19.0. The van der Waals surface area contributed by atoms with Gasteiger partial charge in [0.2, 0.25) is 0 Å². The highest BCUT2D eigenvalue weighted by atomic mass is 32.2. The van der Waals surface area contributed by atoms with E-state index in [9.17, 15) is 4.79 Å². The van der Waals surface area contributed by atoms with Crippen molar-refractivity contribution in [2.75, 3.05) is 20.3 Å². The molecular formula is C17H22N2O2S. The molecule has 0 spiro atoms. The summed E-state index contributed by atoms with van der Waals surface area (Å²) < 4.78 is 4.95. The number of benzene rings is 1. The lowest BCUT2D eigenvalue weighted by Crippen LogP contribution is -2.20. The maximum Gasteiger partial charge on any atom is 0.264 e. The van der Waals surface area contributed by atoms with Crippen LogP contribution in [0, 0.1) is 0 Å². The van der Waals surface area contributed by atoms with Crippen molar-refractivity contribution in [3.63, 3.8) is 0 Å². The Morgan fingerprint density at radius 3 is 2.55 bits per heavy atom. The minimum atomic E-state index is -0.0962. The first-order valence-electron chi connectivity index (χ1n) is 7.25. The summed E-state index contributed by atoms with van der Waals surface area (Å²) in [5, 5.41) is 3.41.